The molecule has 82 valence electrons. The van der Waals surface area contributed by atoms with Gasteiger partial charge in [-0.15, -0.1) is 0 Å². The van der Waals surface area contributed by atoms with Crippen LogP contribution < -0.4 is 5.56 Å². The van der Waals surface area contributed by atoms with Gasteiger partial charge in [0.05, 0.1) is 6.61 Å². The van der Waals surface area contributed by atoms with Crippen molar-refractivity contribution in [3.05, 3.63) is 63.0 Å². The van der Waals surface area contributed by atoms with E-state index in [4.69, 9.17) is 5.11 Å². The van der Waals surface area contributed by atoms with Crippen LogP contribution in [0.15, 0.2) is 51.9 Å². The molecule has 0 atom stereocenters. The van der Waals surface area contributed by atoms with Crippen molar-refractivity contribution in [1.29, 1.82) is 0 Å². The van der Waals surface area contributed by atoms with Crippen LogP contribution in [0.2, 0.25) is 0 Å². The number of rotatable bonds is 2. The van der Waals surface area contributed by atoms with Gasteiger partial charge in [0.1, 0.15) is 0 Å². The number of aliphatic hydroxyl groups excluding tert-OH is 1. The molecule has 1 N–H and O–H groups in total. The monoisotopic (exact) mass is 279 g/mol. The second-order valence-corrected chi connectivity index (χ2v) is 4.29. The predicted octanol–water partition coefficient (Wildman–Crippen LogP) is 2.09. The van der Waals surface area contributed by atoms with E-state index >= 15 is 0 Å². The van der Waals surface area contributed by atoms with Crippen LogP contribution in [0.1, 0.15) is 5.56 Å². The van der Waals surface area contributed by atoms with Crippen LogP contribution in [-0.4, -0.2) is 9.67 Å². The zero-order valence-electron chi connectivity index (χ0n) is 8.43. The highest BCUT2D eigenvalue weighted by Crippen LogP contribution is 2.12. The second kappa shape index (κ2) is 4.63. The third-order valence-electron chi connectivity index (χ3n) is 2.27. The van der Waals surface area contributed by atoms with Crippen LogP contribution in [0.5, 0.6) is 0 Å². The average molecular weight is 280 g/mol. The number of halogens is 1. The van der Waals surface area contributed by atoms with Gasteiger partial charge in [0.25, 0.3) is 5.56 Å². The molecule has 0 fully saturated rings. The Morgan fingerprint density at radius 2 is 1.88 bits per heavy atom. The van der Waals surface area contributed by atoms with Gasteiger partial charge in [-0.25, -0.2) is 0 Å². The average Bonchev–Trinajstić information content (AvgIpc) is 2.30. The fourth-order valence-electron chi connectivity index (χ4n) is 1.43. The summed E-state index contributed by atoms with van der Waals surface area (Å²) in [5.74, 6) is 0. The summed E-state index contributed by atoms with van der Waals surface area (Å²) in [6, 6.07) is 10.6. The molecule has 0 saturated heterocycles. The first-order valence-corrected chi connectivity index (χ1v) is 5.58. The summed E-state index contributed by atoms with van der Waals surface area (Å²) < 4.78 is 2.50. The minimum Gasteiger partial charge on any atom is -0.392 e. The summed E-state index contributed by atoms with van der Waals surface area (Å²) in [5, 5.41) is 8.91. The fourth-order valence-corrected chi connectivity index (χ4v) is 1.70. The summed E-state index contributed by atoms with van der Waals surface area (Å²) in [6.45, 7) is -0.115. The normalized spacial score (nSPS) is 10.4. The third kappa shape index (κ3) is 2.23. The van der Waals surface area contributed by atoms with Crippen LogP contribution in [0, 0.1) is 0 Å². The molecule has 0 aliphatic rings. The Morgan fingerprint density at radius 1 is 1.19 bits per heavy atom. The number of pyridine rings is 1. The molecule has 3 nitrogen and oxygen atoms in total. The molecule has 2 aromatic rings. The van der Waals surface area contributed by atoms with Gasteiger partial charge < -0.3 is 5.11 Å². The van der Waals surface area contributed by atoms with Crippen molar-refractivity contribution in [2.45, 2.75) is 6.61 Å². The number of hydrogen-bond acceptors (Lipinski definition) is 2. The molecule has 0 bridgehead atoms. The van der Waals surface area contributed by atoms with E-state index in [9.17, 15) is 4.79 Å². The molecule has 1 aromatic carbocycles. The van der Waals surface area contributed by atoms with Crippen molar-refractivity contribution in [1.82, 2.24) is 4.57 Å². The molecule has 4 heteroatoms. The first kappa shape index (κ1) is 11.1. The molecule has 0 spiro atoms. The lowest BCUT2D eigenvalue weighted by molar-refractivity contribution is 0.281. The van der Waals surface area contributed by atoms with E-state index in [-0.39, 0.29) is 12.2 Å². The number of aliphatic hydroxyl groups is 1. The molecule has 16 heavy (non-hydrogen) atoms. The minimum atomic E-state index is -0.145. The lowest BCUT2D eigenvalue weighted by Gasteiger charge is -2.06. The summed E-state index contributed by atoms with van der Waals surface area (Å²) >= 11 is 3.34. The SMILES string of the molecule is O=c1cc(CO)ccn1-c1ccc(Br)cc1. The van der Waals surface area contributed by atoms with E-state index in [1.54, 1.807) is 12.3 Å². The van der Waals surface area contributed by atoms with Crippen LogP contribution in [0.3, 0.4) is 0 Å². The van der Waals surface area contributed by atoms with Gasteiger partial charge in [-0.05, 0) is 35.9 Å². The maximum absolute atomic E-state index is 11.7. The van der Waals surface area contributed by atoms with Crippen molar-refractivity contribution in [2.24, 2.45) is 0 Å². The molecule has 0 unspecified atom stereocenters. The smallest absolute Gasteiger partial charge is 0.255 e. The molecule has 2 rings (SSSR count). The molecule has 0 radical (unpaired) electrons. The Kier molecular flexibility index (Phi) is 3.22. The van der Waals surface area contributed by atoms with Gasteiger partial charge in [0, 0.05) is 22.4 Å². The van der Waals surface area contributed by atoms with E-state index in [2.05, 4.69) is 15.9 Å². The molecular weight excluding hydrogens is 270 g/mol. The van der Waals surface area contributed by atoms with Crippen LogP contribution >= 0.6 is 15.9 Å². The largest absolute Gasteiger partial charge is 0.392 e. The number of aromatic nitrogens is 1. The van der Waals surface area contributed by atoms with Gasteiger partial charge >= 0.3 is 0 Å². The Bertz CT molecular complexity index is 546. The maximum atomic E-state index is 11.7. The zero-order valence-corrected chi connectivity index (χ0v) is 10.0. The zero-order chi connectivity index (χ0) is 11.5. The lowest BCUT2D eigenvalue weighted by Crippen LogP contribution is -2.17. The first-order valence-electron chi connectivity index (χ1n) is 4.79. The Hall–Kier alpha value is -1.39. The Morgan fingerprint density at radius 3 is 2.44 bits per heavy atom. The minimum absolute atomic E-state index is 0.115. The van der Waals surface area contributed by atoms with Gasteiger partial charge in [0.15, 0.2) is 0 Å². The summed E-state index contributed by atoms with van der Waals surface area (Å²) in [6.07, 6.45) is 1.66. The molecule has 0 aliphatic carbocycles. The van der Waals surface area contributed by atoms with Gasteiger partial charge in [-0.1, -0.05) is 15.9 Å². The molecule has 0 amide bonds. The molecule has 0 saturated carbocycles. The molecule has 1 heterocycles. The van der Waals surface area contributed by atoms with E-state index in [0.29, 0.717) is 5.56 Å². The van der Waals surface area contributed by atoms with Gasteiger partial charge in [-0.3, -0.25) is 9.36 Å². The topological polar surface area (TPSA) is 42.2 Å². The quantitative estimate of drug-likeness (QED) is 0.915. The summed E-state index contributed by atoms with van der Waals surface area (Å²) in [4.78, 5) is 11.7. The Balaban J connectivity index is 2.48. The van der Waals surface area contributed by atoms with Crippen LogP contribution in [0.25, 0.3) is 5.69 Å². The van der Waals surface area contributed by atoms with Gasteiger partial charge in [-0.2, -0.15) is 0 Å². The standard InChI is InChI=1S/C12H10BrNO2/c13-10-1-3-11(4-2-10)14-6-5-9(8-15)7-12(14)16/h1-7,15H,8H2. The Labute approximate surface area is 101 Å². The summed E-state index contributed by atoms with van der Waals surface area (Å²) in [5.41, 5.74) is 1.28. The van der Waals surface area contributed by atoms with Crippen molar-refractivity contribution >= 4 is 15.9 Å². The molecular formula is C12H10BrNO2. The van der Waals surface area contributed by atoms with Gasteiger partial charge in [0.2, 0.25) is 0 Å². The highest BCUT2D eigenvalue weighted by molar-refractivity contribution is 9.10. The van der Waals surface area contributed by atoms with Crippen LogP contribution in [0.4, 0.5) is 0 Å². The number of nitrogens with zero attached hydrogens (tertiary/aromatic N) is 1. The van der Waals surface area contributed by atoms with E-state index in [0.717, 1.165) is 10.2 Å². The van der Waals surface area contributed by atoms with E-state index < -0.39 is 0 Å². The van der Waals surface area contributed by atoms with Crippen molar-refractivity contribution in [3.8, 4) is 5.69 Å². The predicted molar refractivity (Wildman–Crippen MR) is 65.7 cm³/mol. The van der Waals surface area contributed by atoms with Crippen LogP contribution in [-0.2, 0) is 6.61 Å². The van der Waals surface area contributed by atoms with Crippen molar-refractivity contribution < 1.29 is 5.11 Å². The second-order valence-electron chi connectivity index (χ2n) is 3.38. The maximum Gasteiger partial charge on any atom is 0.255 e. The number of hydrogen-bond donors (Lipinski definition) is 1. The highest BCUT2D eigenvalue weighted by atomic mass is 79.9. The van der Waals surface area contributed by atoms with E-state index in [1.165, 1.54) is 10.6 Å². The summed E-state index contributed by atoms with van der Waals surface area (Å²) in [7, 11) is 0. The number of benzene rings is 1. The third-order valence-corrected chi connectivity index (χ3v) is 2.80. The lowest BCUT2D eigenvalue weighted by atomic mass is 10.2. The fraction of sp³-hybridized carbons (Fsp3) is 0.0833. The van der Waals surface area contributed by atoms with Crippen molar-refractivity contribution in [2.75, 3.05) is 0 Å². The molecule has 1 aromatic heterocycles. The first-order chi connectivity index (χ1) is 7.70. The van der Waals surface area contributed by atoms with E-state index in [1.807, 2.05) is 24.3 Å². The molecule has 0 aliphatic heterocycles. The van der Waals surface area contributed by atoms with Crippen molar-refractivity contribution in [3.63, 3.8) is 0 Å². The highest BCUT2D eigenvalue weighted by Gasteiger charge is 2.00.